The van der Waals surface area contributed by atoms with Crippen molar-refractivity contribution in [1.82, 2.24) is 34.5 Å². The van der Waals surface area contributed by atoms with Gasteiger partial charge >= 0.3 is 6.18 Å². The Morgan fingerprint density at radius 2 is 1.97 bits per heavy atom. The normalized spacial score (nSPS) is 12.2. The molecule has 0 aliphatic rings. The van der Waals surface area contributed by atoms with Gasteiger partial charge in [0.2, 0.25) is 5.91 Å². The van der Waals surface area contributed by atoms with Gasteiger partial charge < -0.3 is 14.8 Å². The number of alkyl halides is 3. The zero-order valence-corrected chi connectivity index (χ0v) is 19.6. The Morgan fingerprint density at radius 3 is 2.62 bits per heavy atom. The summed E-state index contributed by atoms with van der Waals surface area (Å²) >= 11 is 6.36. The SMILES string of the molecule is CN(C)Cc1ccc2c(c1)c1nc(CC(=O)NCc3cnn(C)c3)nc(Cl)c1n2CC(F)(F)F. The molecule has 1 aromatic carbocycles. The molecule has 3 heterocycles. The number of halogens is 4. The summed E-state index contributed by atoms with van der Waals surface area (Å²) in [6.07, 6.45) is -1.21. The molecule has 8 nitrogen and oxygen atoms in total. The van der Waals surface area contributed by atoms with E-state index in [9.17, 15) is 18.0 Å². The van der Waals surface area contributed by atoms with Gasteiger partial charge in [0.05, 0.1) is 18.1 Å². The first-order chi connectivity index (χ1) is 16.0. The van der Waals surface area contributed by atoms with Gasteiger partial charge in [-0.15, -0.1) is 0 Å². The minimum Gasteiger partial charge on any atom is -0.352 e. The van der Waals surface area contributed by atoms with Crippen LogP contribution in [0.2, 0.25) is 5.15 Å². The van der Waals surface area contributed by atoms with Crippen molar-refractivity contribution in [2.75, 3.05) is 14.1 Å². The highest BCUT2D eigenvalue weighted by molar-refractivity contribution is 6.34. The maximum absolute atomic E-state index is 13.4. The smallest absolute Gasteiger partial charge is 0.352 e. The number of hydrogen-bond donors (Lipinski definition) is 1. The quantitative estimate of drug-likeness (QED) is 0.399. The number of rotatable bonds is 7. The van der Waals surface area contributed by atoms with E-state index in [1.54, 1.807) is 42.3 Å². The molecule has 0 aliphatic carbocycles. The standard InChI is InChI=1S/C22H23ClF3N7O/c1-31(2)10-13-4-5-16-15(6-13)19-20(33(16)12-22(24,25)26)21(23)30-17(29-19)7-18(34)27-8-14-9-28-32(3)11-14/h4-6,9,11H,7-8,10,12H2,1-3H3,(H,27,34). The van der Waals surface area contributed by atoms with Crippen LogP contribution in [0, 0.1) is 0 Å². The molecule has 0 aliphatic heterocycles. The molecule has 0 radical (unpaired) electrons. The first-order valence-corrected chi connectivity index (χ1v) is 10.8. The number of amides is 1. The van der Waals surface area contributed by atoms with Crippen LogP contribution in [-0.4, -0.2) is 55.4 Å². The lowest BCUT2D eigenvalue weighted by molar-refractivity contribution is -0.139. The van der Waals surface area contributed by atoms with E-state index in [1.165, 1.54) is 0 Å². The van der Waals surface area contributed by atoms with Crippen LogP contribution in [0.3, 0.4) is 0 Å². The number of nitrogens with one attached hydrogen (secondary N) is 1. The molecule has 0 atom stereocenters. The molecule has 3 aromatic heterocycles. The second-order valence-electron chi connectivity index (χ2n) is 8.39. The van der Waals surface area contributed by atoms with Crippen LogP contribution in [-0.2, 0) is 37.9 Å². The molecule has 34 heavy (non-hydrogen) atoms. The minimum absolute atomic E-state index is 0.0931. The fraction of sp³-hybridized carbons (Fsp3) is 0.364. The third-order valence-corrected chi connectivity index (χ3v) is 5.43. The highest BCUT2D eigenvalue weighted by Crippen LogP contribution is 2.34. The number of carbonyl (C=O) groups is 1. The van der Waals surface area contributed by atoms with Crippen molar-refractivity contribution < 1.29 is 18.0 Å². The minimum atomic E-state index is -4.46. The van der Waals surface area contributed by atoms with Gasteiger partial charge in [-0.1, -0.05) is 17.7 Å². The summed E-state index contributed by atoms with van der Waals surface area (Å²) < 4.78 is 42.8. The van der Waals surface area contributed by atoms with Crippen molar-refractivity contribution in [3.8, 4) is 0 Å². The molecule has 0 saturated carbocycles. The highest BCUT2D eigenvalue weighted by Gasteiger charge is 2.31. The number of fused-ring (bicyclic) bond motifs is 3. The zero-order chi connectivity index (χ0) is 24.6. The van der Waals surface area contributed by atoms with Gasteiger partial charge in [0.1, 0.15) is 23.4 Å². The van der Waals surface area contributed by atoms with Crippen LogP contribution >= 0.6 is 11.6 Å². The van der Waals surface area contributed by atoms with Gasteiger partial charge in [0.25, 0.3) is 0 Å². The van der Waals surface area contributed by atoms with Crippen molar-refractivity contribution in [2.45, 2.75) is 32.2 Å². The lowest BCUT2D eigenvalue weighted by atomic mass is 10.1. The summed E-state index contributed by atoms with van der Waals surface area (Å²) in [5, 5.41) is 7.20. The Labute approximate surface area is 198 Å². The fourth-order valence-electron chi connectivity index (χ4n) is 3.88. The van der Waals surface area contributed by atoms with Crippen LogP contribution < -0.4 is 5.32 Å². The average molecular weight is 494 g/mol. The Balaban J connectivity index is 1.72. The third kappa shape index (κ3) is 5.31. The number of nitrogens with zero attached hydrogens (tertiary/aromatic N) is 6. The Hall–Kier alpha value is -3.18. The molecule has 0 fully saturated rings. The van der Waals surface area contributed by atoms with Gasteiger partial charge in [-0.2, -0.15) is 18.3 Å². The molecule has 180 valence electrons. The molecular weight excluding hydrogens is 471 g/mol. The Morgan fingerprint density at radius 1 is 1.21 bits per heavy atom. The lowest BCUT2D eigenvalue weighted by Crippen LogP contribution is -2.25. The largest absolute Gasteiger partial charge is 0.406 e. The maximum atomic E-state index is 13.4. The summed E-state index contributed by atoms with van der Waals surface area (Å²) in [6.45, 7) is -0.347. The average Bonchev–Trinajstić information content (AvgIpc) is 3.26. The maximum Gasteiger partial charge on any atom is 0.406 e. The van der Waals surface area contributed by atoms with E-state index in [1.807, 2.05) is 19.0 Å². The molecule has 1 N–H and O–H groups in total. The van der Waals surface area contributed by atoms with Crippen molar-refractivity contribution in [1.29, 1.82) is 0 Å². The number of aryl methyl sites for hydroxylation is 1. The third-order valence-electron chi connectivity index (χ3n) is 5.17. The monoisotopic (exact) mass is 493 g/mol. The van der Waals surface area contributed by atoms with Crippen LogP contribution in [0.15, 0.2) is 30.6 Å². The second kappa shape index (κ2) is 9.22. The van der Waals surface area contributed by atoms with E-state index in [4.69, 9.17) is 11.6 Å². The number of hydrogen-bond acceptors (Lipinski definition) is 5. The highest BCUT2D eigenvalue weighted by atomic mass is 35.5. The predicted octanol–water partition coefficient (Wildman–Crippen LogP) is 3.45. The van der Waals surface area contributed by atoms with E-state index >= 15 is 0 Å². The molecule has 0 bridgehead atoms. The van der Waals surface area contributed by atoms with Crippen molar-refractivity contribution >= 4 is 39.4 Å². The van der Waals surface area contributed by atoms with Crippen molar-refractivity contribution in [3.05, 3.63) is 52.7 Å². The van der Waals surface area contributed by atoms with Gasteiger partial charge in [0.15, 0.2) is 5.15 Å². The first-order valence-electron chi connectivity index (χ1n) is 10.4. The molecule has 4 aromatic rings. The van der Waals surface area contributed by atoms with Gasteiger partial charge in [-0.3, -0.25) is 9.48 Å². The van der Waals surface area contributed by atoms with Gasteiger partial charge in [-0.25, -0.2) is 9.97 Å². The van der Waals surface area contributed by atoms with Gasteiger partial charge in [0, 0.05) is 37.3 Å². The van der Waals surface area contributed by atoms with Crippen molar-refractivity contribution in [3.63, 3.8) is 0 Å². The first kappa shape index (κ1) is 24.0. The van der Waals surface area contributed by atoms with E-state index < -0.39 is 12.7 Å². The Bertz CT molecular complexity index is 1360. The molecule has 12 heteroatoms. The number of benzene rings is 1. The number of aromatic nitrogens is 5. The fourth-order valence-corrected chi connectivity index (χ4v) is 4.17. The van der Waals surface area contributed by atoms with E-state index in [0.717, 1.165) is 15.7 Å². The van der Waals surface area contributed by atoms with Crippen molar-refractivity contribution in [2.24, 2.45) is 7.05 Å². The molecule has 4 rings (SSSR count). The zero-order valence-electron chi connectivity index (χ0n) is 18.8. The lowest BCUT2D eigenvalue weighted by Gasteiger charge is -2.12. The summed E-state index contributed by atoms with van der Waals surface area (Å²) in [5.74, 6) is -0.211. The topological polar surface area (TPSA) is 80.9 Å². The second-order valence-corrected chi connectivity index (χ2v) is 8.75. The summed E-state index contributed by atoms with van der Waals surface area (Å²) in [6, 6.07) is 5.22. The van der Waals surface area contributed by atoms with Crippen LogP contribution in [0.4, 0.5) is 13.2 Å². The number of carbonyl (C=O) groups excluding carboxylic acids is 1. The Kier molecular flexibility index (Phi) is 6.50. The van der Waals surface area contributed by atoms with Crippen LogP contribution in [0.25, 0.3) is 21.9 Å². The molecular formula is C22H23ClF3N7O. The van der Waals surface area contributed by atoms with E-state index in [-0.39, 0.29) is 40.9 Å². The van der Waals surface area contributed by atoms with E-state index in [2.05, 4.69) is 20.4 Å². The summed E-state index contributed by atoms with van der Waals surface area (Å²) in [4.78, 5) is 23.0. The summed E-state index contributed by atoms with van der Waals surface area (Å²) in [5.41, 5.74) is 2.47. The molecule has 0 saturated heterocycles. The predicted molar refractivity (Wildman–Crippen MR) is 122 cm³/mol. The van der Waals surface area contributed by atoms with Crippen LogP contribution in [0.5, 0.6) is 0 Å². The molecule has 1 amide bonds. The summed E-state index contributed by atoms with van der Waals surface area (Å²) in [7, 11) is 5.58. The van der Waals surface area contributed by atoms with Gasteiger partial charge in [-0.05, 0) is 31.8 Å². The molecule has 0 unspecified atom stereocenters. The molecule has 0 spiro atoms. The van der Waals surface area contributed by atoms with Crippen LogP contribution in [0.1, 0.15) is 17.0 Å². The van der Waals surface area contributed by atoms with E-state index in [0.29, 0.717) is 17.4 Å².